The summed E-state index contributed by atoms with van der Waals surface area (Å²) in [6.45, 7) is 3.26. The first kappa shape index (κ1) is 12.9. The van der Waals surface area contributed by atoms with E-state index in [1.807, 2.05) is 25.1 Å². The van der Waals surface area contributed by atoms with Crippen molar-refractivity contribution in [1.29, 1.82) is 0 Å². The van der Waals surface area contributed by atoms with Gasteiger partial charge < -0.3 is 15.2 Å². The Balaban J connectivity index is 2.15. The highest BCUT2D eigenvalue weighted by molar-refractivity contribution is 7.99. The summed E-state index contributed by atoms with van der Waals surface area (Å²) < 4.78 is 0. The lowest BCUT2D eigenvalue weighted by atomic mass is 10.1. The number of hydrogen-bond acceptors (Lipinski definition) is 4. The number of nitrogens with zero attached hydrogens (tertiary/aromatic N) is 1. The first-order valence-electron chi connectivity index (χ1n) is 5.43. The van der Waals surface area contributed by atoms with Crippen molar-refractivity contribution >= 4 is 28.8 Å². The van der Waals surface area contributed by atoms with Gasteiger partial charge in [-0.1, -0.05) is 17.8 Å². The molecule has 1 aromatic carbocycles. The summed E-state index contributed by atoms with van der Waals surface area (Å²) in [6.07, 6.45) is 0. The zero-order chi connectivity index (χ0) is 13.3. The molecule has 96 valence electrons. The van der Waals surface area contributed by atoms with Crippen molar-refractivity contribution < 1.29 is 15.0 Å². The molecule has 0 bridgehead atoms. The van der Waals surface area contributed by atoms with Gasteiger partial charge >= 0.3 is 5.97 Å². The van der Waals surface area contributed by atoms with Crippen molar-refractivity contribution in [3.05, 3.63) is 23.8 Å². The summed E-state index contributed by atoms with van der Waals surface area (Å²) in [4.78, 5) is 18.2. The van der Waals surface area contributed by atoms with Crippen LogP contribution < -0.4 is 0 Å². The molecule has 6 heteroatoms. The summed E-state index contributed by atoms with van der Waals surface area (Å²) >= 11 is 1.19. The number of carbonyl (C=O) groups is 1. The number of carboxylic acid groups (broad SMARTS) is 1. The molecule has 0 fully saturated rings. The van der Waals surface area contributed by atoms with E-state index in [1.165, 1.54) is 18.7 Å². The molecule has 1 atom stereocenters. The Bertz CT molecular complexity index is 592. The SMILES string of the molecule is Cc1ccc2nc(SCC(C)(O)C(=O)O)[nH]c2c1. The highest BCUT2D eigenvalue weighted by Crippen LogP contribution is 2.23. The maximum atomic E-state index is 10.8. The van der Waals surface area contributed by atoms with E-state index < -0.39 is 11.6 Å². The van der Waals surface area contributed by atoms with Gasteiger partial charge in [-0.15, -0.1) is 0 Å². The van der Waals surface area contributed by atoms with Gasteiger partial charge in [0.2, 0.25) is 0 Å². The molecular weight excluding hydrogens is 252 g/mol. The fourth-order valence-corrected chi connectivity index (χ4v) is 2.33. The van der Waals surface area contributed by atoms with E-state index in [0.29, 0.717) is 5.16 Å². The van der Waals surface area contributed by atoms with Crippen LogP contribution in [0.3, 0.4) is 0 Å². The number of thioether (sulfide) groups is 1. The number of H-pyrrole nitrogens is 1. The third kappa shape index (κ3) is 2.65. The molecule has 0 saturated carbocycles. The second-order valence-electron chi connectivity index (χ2n) is 4.43. The Morgan fingerprint density at radius 2 is 2.28 bits per heavy atom. The van der Waals surface area contributed by atoms with Crippen molar-refractivity contribution in [3.8, 4) is 0 Å². The number of nitrogens with one attached hydrogen (secondary N) is 1. The van der Waals surface area contributed by atoms with Gasteiger partial charge in [-0.25, -0.2) is 9.78 Å². The summed E-state index contributed by atoms with van der Waals surface area (Å²) in [6, 6.07) is 5.84. The van der Waals surface area contributed by atoms with Crippen LogP contribution in [0.4, 0.5) is 0 Å². The molecule has 1 heterocycles. The van der Waals surface area contributed by atoms with E-state index in [9.17, 15) is 9.90 Å². The van der Waals surface area contributed by atoms with Gasteiger partial charge in [-0.2, -0.15) is 0 Å². The van der Waals surface area contributed by atoms with Gasteiger partial charge in [0, 0.05) is 5.75 Å². The number of benzene rings is 1. The molecule has 3 N–H and O–H groups in total. The minimum absolute atomic E-state index is 0.0428. The minimum atomic E-state index is -1.75. The van der Waals surface area contributed by atoms with Crippen molar-refractivity contribution in [2.45, 2.75) is 24.6 Å². The molecule has 2 rings (SSSR count). The second kappa shape index (κ2) is 4.62. The number of imidazole rings is 1. The van der Waals surface area contributed by atoms with Gasteiger partial charge in [-0.05, 0) is 31.5 Å². The number of aromatic amines is 1. The molecule has 1 unspecified atom stereocenters. The summed E-state index contributed by atoms with van der Waals surface area (Å²) in [5, 5.41) is 19.0. The van der Waals surface area contributed by atoms with E-state index in [4.69, 9.17) is 5.11 Å². The fourth-order valence-electron chi connectivity index (χ4n) is 1.44. The second-order valence-corrected chi connectivity index (χ2v) is 5.39. The average molecular weight is 266 g/mol. The molecular formula is C12H14N2O3S. The molecule has 5 nitrogen and oxygen atoms in total. The van der Waals surface area contributed by atoms with Gasteiger partial charge in [0.15, 0.2) is 10.8 Å². The standard InChI is InChI=1S/C12H14N2O3S/c1-7-3-4-8-9(5-7)14-11(13-8)18-6-12(2,17)10(15)16/h3-5,17H,6H2,1-2H3,(H,13,14)(H,15,16). The zero-order valence-corrected chi connectivity index (χ0v) is 10.9. The molecule has 18 heavy (non-hydrogen) atoms. The Kier molecular flexibility index (Phi) is 3.32. The third-order valence-electron chi connectivity index (χ3n) is 2.57. The monoisotopic (exact) mass is 266 g/mol. The van der Waals surface area contributed by atoms with Crippen LogP contribution in [0.15, 0.2) is 23.4 Å². The number of aryl methyl sites for hydroxylation is 1. The van der Waals surface area contributed by atoms with Gasteiger partial charge in [-0.3, -0.25) is 0 Å². The lowest BCUT2D eigenvalue weighted by molar-refractivity contribution is -0.154. The number of fused-ring (bicyclic) bond motifs is 1. The maximum absolute atomic E-state index is 10.8. The molecule has 1 aromatic heterocycles. The lowest BCUT2D eigenvalue weighted by Crippen LogP contribution is -2.37. The maximum Gasteiger partial charge on any atom is 0.336 e. The predicted octanol–water partition coefficient (Wildman–Crippen LogP) is 1.80. The highest BCUT2D eigenvalue weighted by Gasteiger charge is 2.30. The molecule has 0 saturated heterocycles. The third-order valence-corrected chi connectivity index (χ3v) is 3.74. The van der Waals surface area contributed by atoms with Gasteiger partial charge in [0.05, 0.1) is 11.0 Å². The highest BCUT2D eigenvalue weighted by atomic mass is 32.2. The van der Waals surface area contributed by atoms with Crippen LogP contribution in [-0.4, -0.2) is 37.5 Å². The van der Waals surface area contributed by atoms with Crippen LogP contribution in [0.2, 0.25) is 0 Å². The number of aliphatic hydroxyl groups is 1. The normalized spacial score (nSPS) is 14.6. The number of aromatic nitrogens is 2. The molecule has 2 aromatic rings. The molecule has 0 radical (unpaired) electrons. The van der Waals surface area contributed by atoms with E-state index >= 15 is 0 Å². The van der Waals surface area contributed by atoms with Crippen LogP contribution in [0.1, 0.15) is 12.5 Å². The summed E-state index contributed by atoms with van der Waals surface area (Å²) in [7, 11) is 0. The molecule has 0 aliphatic heterocycles. The van der Waals surface area contributed by atoms with Crippen molar-refractivity contribution in [3.63, 3.8) is 0 Å². The Morgan fingerprint density at radius 3 is 2.94 bits per heavy atom. The van der Waals surface area contributed by atoms with E-state index in [2.05, 4.69) is 9.97 Å². The first-order chi connectivity index (χ1) is 8.38. The van der Waals surface area contributed by atoms with Crippen molar-refractivity contribution in [2.75, 3.05) is 5.75 Å². The van der Waals surface area contributed by atoms with Crippen molar-refractivity contribution in [2.24, 2.45) is 0 Å². The topological polar surface area (TPSA) is 86.2 Å². The summed E-state index contributed by atoms with van der Waals surface area (Å²) in [5.41, 5.74) is 1.12. The minimum Gasteiger partial charge on any atom is -0.479 e. The molecule has 0 aliphatic rings. The van der Waals surface area contributed by atoms with Crippen LogP contribution in [0.25, 0.3) is 11.0 Å². The average Bonchev–Trinajstić information content (AvgIpc) is 2.68. The van der Waals surface area contributed by atoms with Crippen molar-refractivity contribution in [1.82, 2.24) is 9.97 Å². The van der Waals surface area contributed by atoms with Gasteiger partial charge in [0.25, 0.3) is 0 Å². The number of carboxylic acids is 1. The predicted molar refractivity (Wildman–Crippen MR) is 69.8 cm³/mol. The van der Waals surface area contributed by atoms with Crippen LogP contribution in [-0.2, 0) is 4.79 Å². The Hall–Kier alpha value is -1.53. The smallest absolute Gasteiger partial charge is 0.336 e. The Labute approximate surface area is 108 Å². The van der Waals surface area contributed by atoms with E-state index in [1.54, 1.807) is 0 Å². The first-order valence-corrected chi connectivity index (χ1v) is 6.42. The van der Waals surface area contributed by atoms with E-state index in [-0.39, 0.29) is 5.75 Å². The zero-order valence-electron chi connectivity index (χ0n) is 10.1. The number of aliphatic carboxylic acids is 1. The quantitative estimate of drug-likeness (QED) is 0.735. The van der Waals surface area contributed by atoms with Crippen LogP contribution >= 0.6 is 11.8 Å². The molecule has 0 spiro atoms. The fraction of sp³-hybridized carbons (Fsp3) is 0.333. The van der Waals surface area contributed by atoms with Crippen LogP contribution in [0.5, 0.6) is 0 Å². The van der Waals surface area contributed by atoms with E-state index in [0.717, 1.165) is 16.6 Å². The number of rotatable bonds is 4. The molecule has 0 aliphatic carbocycles. The van der Waals surface area contributed by atoms with Crippen LogP contribution in [0, 0.1) is 6.92 Å². The number of hydrogen-bond donors (Lipinski definition) is 3. The summed E-state index contributed by atoms with van der Waals surface area (Å²) in [5.74, 6) is -1.19. The lowest BCUT2D eigenvalue weighted by Gasteiger charge is -2.15. The largest absolute Gasteiger partial charge is 0.479 e. The molecule has 0 amide bonds. The Morgan fingerprint density at radius 1 is 1.56 bits per heavy atom. The van der Waals surface area contributed by atoms with Gasteiger partial charge in [0.1, 0.15) is 0 Å².